The van der Waals surface area contributed by atoms with Gasteiger partial charge in [-0.3, -0.25) is 0 Å². The zero-order valence-corrected chi connectivity index (χ0v) is 10.3. The Morgan fingerprint density at radius 3 is 2.53 bits per heavy atom. The molecule has 0 radical (unpaired) electrons. The number of esters is 1. The summed E-state index contributed by atoms with van der Waals surface area (Å²) in [5, 5.41) is 0. The van der Waals surface area contributed by atoms with E-state index >= 15 is 0 Å². The van der Waals surface area contributed by atoms with Crippen LogP contribution in [0, 0.1) is 5.92 Å². The number of ether oxygens (including phenoxy) is 1. The molecule has 2 nitrogen and oxygen atoms in total. The van der Waals surface area contributed by atoms with Gasteiger partial charge in [-0.05, 0) is 25.2 Å². The van der Waals surface area contributed by atoms with E-state index in [4.69, 9.17) is 4.74 Å². The van der Waals surface area contributed by atoms with E-state index in [2.05, 4.69) is 27.4 Å². The lowest BCUT2D eigenvalue weighted by atomic mass is 10.0. The van der Waals surface area contributed by atoms with Gasteiger partial charge >= 0.3 is 5.97 Å². The molecule has 1 unspecified atom stereocenters. The molecule has 0 amide bonds. The summed E-state index contributed by atoms with van der Waals surface area (Å²) in [5.74, 6) is 0.270. The lowest BCUT2D eigenvalue weighted by Crippen LogP contribution is -2.19. The Balaban J connectivity index is 3.94. The van der Waals surface area contributed by atoms with Gasteiger partial charge in [-0.1, -0.05) is 40.2 Å². The minimum absolute atomic E-state index is 0.0713. The topological polar surface area (TPSA) is 26.3 Å². The molecule has 0 aromatic rings. The van der Waals surface area contributed by atoms with Crippen LogP contribution in [0.4, 0.5) is 0 Å². The van der Waals surface area contributed by atoms with Crippen LogP contribution >= 0.6 is 0 Å². The van der Waals surface area contributed by atoms with Gasteiger partial charge < -0.3 is 4.74 Å². The van der Waals surface area contributed by atoms with Gasteiger partial charge in [0.15, 0.2) is 0 Å². The average Bonchev–Trinajstić information content (AvgIpc) is 2.17. The Kier molecular flexibility index (Phi) is 8.06. The molecule has 0 aromatic carbocycles. The Hall–Kier alpha value is -0.790. The van der Waals surface area contributed by atoms with Crippen molar-refractivity contribution in [2.45, 2.75) is 59.0 Å². The van der Waals surface area contributed by atoms with Crippen LogP contribution < -0.4 is 0 Å². The zero-order valence-electron chi connectivity index (χ0n) is 10.3. The van der Waals surface area contributed by atoms with Crippen molar-refractivity contribution in [1.82, 2.24) is 0 Å². The number of hydrogen-bond donors (Lipinski definition) is 0. The van der Waals surface area contributed by atoms with E-state index in [0.29, 0.717) is 5.92 Å². The van der Waals surface area contributed by atoms with E-state index in [0.717, 1.165) is 19.3 Å². The second-order valence-electron chi connectivity index (χ2n) is 4.39. The lowest BCUT2D eigenvalue weighted by molar-refractivity contribution is -0.144. The van der Waals surface area contributed by atoms with E-state index < -0.39 is 0 Å². The van der Waals surface area contributed by atoms with Gasteiger partial charge in [0.2, 0.25) is 0 Å². The number of carbonyl (C=O) groups excluding carboxylic acids is 1. The van der Waals surface area contributed by atoms with Gasteiger partial charge in [0.05, 0.1) is 0 Å². The predicted octanol–water partition coefficient (Wildman–Crippen LogP) is 3.71. The summed E-state index contributed by atoms with van der Waals surface area (Å²) in [7, 11) is 0. The SMILES string of the molecule is C=CC(=O)OC(CCCCC)CC(C)C. The second-order valence-corrected chi connectivity index (χ2v) is 4.39. The highest BCUT2D eigenvalue weighted by Crippen LogP contribution is 2.15. The molecule has 0 aliphatic heterocycles. The van der Waals surface area contributed by atoms with Crippen molar-refractivity contribution in [3.05, 3.63) is 12.7 Å². The van der Waals surface area contributed by atoms with E-state index in [9.17, 15) is 4.79 Å². The first-order valence-corrected chi connectivity index (χ1v) is 5.93. The zero-order chi connectivity index (χ0) is 11.7. The third kappa shape index (κ3) is 8.22. The van der Waals surface area contributed by atoms with Crippen molar-refractivity contribution >= 4 is 5.97 Å². The minimum Gasteiger partial charge on any atom is -0.459 e. The maximum absolute atomic E-state index is 11.1. The molecule has 0 N–H and O–H groups in total. The third-order valence-corrected chi connectivity index (χ3v) is 2.31. The fraction of sp³-hybridized carbons (Fsp3) is 0.769. The molecular formula is C13H24O2. The summed E-state index contributed by atoms with van der Waals surface area (Å²) in [4.78, 5) is 11.1. The lowest BCUT2D eigenvalue weighted by Gasteiger charge is -2.18. The van der Waals surface area contributed by atoms with Crippen LogP contribution in [0.5, 0.6) is 0 Å². The Labute approximate surface area is 93.7 Å². The molecular weight excluding hydrogens is 188 g/mol. The van der Waals surface area contributed by atoms with Crippen molar-refractivity contribution in [1.29, 1.82) is 0 Å². The normalized spacial score (nSPS) is 12.5. The van der Waals surface area contributed by atoms with E-state index in [1.807, 2.05) is 0 Å². The molecule has 2 heteroatoms. The number of rotatable bonds is 8. The van der Waals surface area contributed by atoms with Crippen molar-refractivity contribution in [3.63, 3.8) is 0 Å². The summed E-state index contributed by atoms with van der Waals surface area (Å²) in [5.41, 5.74) is 0. The van der Waals surface area contributed by atoms with Gasteiger partial charge in [0.1, 0.15) is 6.10 Å². The number of hydrogen-bond acceptors (Lipinski definition) is 2. The minimum atomic E-state index is -0.294. The summed E-state index contributed by atoms with van der Waals surface area (Å²) in [6.45, 7) is 9.88. The molecule has 0 aromatic heterocycles. The molecule has 0 aliphatic rings. The highest BCUT2D eigenvalue weighted by atomic mass is 16.5. The highest BCUT2D eigenvalue weighted by molar-refractivity contribution is 5.81. The van der Waals surface area contributed by atoms with Crippen LogP contribution in [0.1, 0.15) is 52.9 Å². The second kappa shape index (κ2) is 8.51. The van der Waals surface area contributed by atoms with Crippen LogP contribution in [-0.4, -0.2) is 12.1 Å². The van der Waals surface area contributed by atoms with Crippen molar-refractivity contribution < 1.29 is 9.53 Å². The van der Waals surface area contributed by atoms with Crippen molar-refractivity contribution in [2.24, 2.45) is 5.92 Å². The predicted molar refractivity (Wildman–Crippen MR) is 63.7 cm³/mol. The smallest absolute Gasteiger partial charge is 0.330 e. The molecule has 0 aliphatic carbocycles. The van der Waals surface area contributed by atoms with Crippen LogP contribution in [0.2, 0.25) is 0 Å². The van der Waals surface area contributed by atoms with Gasteiger partial charge in [0, 0.05) is 6.08 Å². The van der Waals surface area contributed by atoms with Gasteiger partial charge in [-0.15, -0.1) is 0 Å². The Morgan fingerprint density at radius 1 is 1.40 bits per heavy atom. The number of carbonyl (C=O) groups is 1. The molecule has 88 valence electrons. The van der Waals surface area contributed by atoms with E-state index in [-0.39, 0.29) is 12.1 Å². The molecule has 0 rings (SSSR count). The Morgan fingerprint density at radius 2 is 2.07 bits per heavy atom. The highest BCUT2D eigenvalue weighted by Gasteiger charge is 2.13. The first kappa shape index (κ1) is 14.2. The number of unbranched alkanes of at least 4 members (excludes halogenated alkanes) is 2. The summed E-state index contributed by atoms with van der Waals surface area (Å²) >= 11 is 0. The maximum atomic E-state index is 11.1. The van der Waals surface area contributed by atoms with Crippen LogP contribution in [0.15, 0.2) is 12.7 Å². The molecule has 0 saturated heterocycles. The standard InChI is InChI=1S/C13H24O2/c1-5-7-8-9-12(10-11(3)4)15-13(14)6-2/h6,11-12H,2,5,7-10H2,1,3-4H3. The van der Waals surface area contributed by atoms with E-state index in [1.165, 1.54) is 18.9 Å². The summed E-state index contributed by atoms with van der Waals surface area (Å²) in [6.07, 6.45) is 6.78. The first-order chi connectivity index (χ1) is 7.10. The first-order valence-electron chi connectivity index (χ1n) is 5.93. The van der Waals surface area contributed by atoms with E-state index in [1.54, 1.807) is 0 Å². The average molecular weight is 212 g/mol. The van der Waals surface area contributed by atoms with Crippen molar-refractivity contribution in [3.8, 4) is 0 Å². The third-order valence-electron chi connectivity index (χ3n) is 2.31. The maximum Gasteiger partial charge on any atom is 0.330 e. The van der Waals surface area contributed by atoms with Crippen LogP contribution in [-0.2, 0) is 9.53 Å². The van der Waals surface area contributed by atoms with Gasteiger partial charge in [0.25, 0.3) is 0 Å². The quantitative estimate of drug-likeness (QED) is 0.348. The fourth-order valence-corrected chi connectivity index (χ4v) is 1.59. The molecule has 0 saturated carbocycles. The van der Waals surface area contributed by atoms with Crippen LogP contribution in [0.3, 0.4) is 0 Å². The molecule has 1 atom stereocenters. The molecule has 0 fully saturated rings. The monoisotopic (exact) mass is 212 g/mol. The summed E-state index contributed by atoms with van der Waals surface area (Å²) in [6, 6.07) is 0. The van der Waals surface area contributed by atoms with Gasteiger partial charge in [-0.25, -0.2) is 4.79 Å². The Bertz CT molecular complexity index is 185. The molecule has 0 heterocycles. The molecule has 0 spiro atoms. The molecule has 15 heavy (non-hydrogen) atoms. The van der Waals surface area contributed by atoms with Gasteiger partial charge in [-0.2, -0.15) is 0 Å². The summed E-state index contributed by atoms with van der Waals surface area (Å²) < 4.78 is 5.30. The van der Waals surface area contributed by atoms with Crippen LogP contribution in [0.25, 0.3) is 0 Å². The molecule has 0 bridgehead atoms. The van der Waals surface area contributed by atoms with Crippen molar-refractivity contribution in [2.75, 3.05) is 0 Å². The fourth-order valence-electron chi connectivity index (χ4n) is 1.59. The largest absolute Gasteiger partial charge is 0.459 e.